The molecule has 6 heteroatoms. The Balaban J connectivity index is 1.53. The molecule has 3 rings (SSSR count). The van der Waals surface area contributed by atoms with Crippen molar-refractivity contribution in [2.24, 2.45) is 0 Å². The normalized spacial score (nSPS) is 17.3. The Morgan fingerprint density at radius 2 is 2.09 bits per heavy atom. The first-order valence-corrected chi connectivity index (χ1v) is 7.55. The van der Waals surface area contributed by atoms with E-state index in [0.717, 1.165) is 11.3 Å². The van der Waals surface area contributed by atoms with Crippen LogP contribution < -0.4 is 15.5 Å². The molecule has 1 atom stereocenters. The molecule has 6 nitrogen and oxygen atoms in total. The average Bonchev–Trinajstić information content (AvgIpc) is 3.16. The maximum atomic E-state index is 12.1. The zero-order chi connectivity index (χ0) is 16.2. The minimum Gasteiger partial charge on any atom is -0.467 e. The van der Waals surface area contributed by atoms with Crippen LogP contribution in [0, 0.1) is 6.92 Å². The van der Waals surface area contributed by atoms with Crippen LogP contribution in [-0.2, 0) is 11.3 Å². The van der Waals surface area contributed by atoms with Crippen molar-refractivity contribution in [3.05, 3.63) is 54.0 Å². The highest BCUT2D eigenvalue weighted by atomic mass is 16.3. The maximum Gasteiger partial charge on any atom is 0.315 e. The third kappa shape index (κ3) is 3.71. The van der Waals surface area contributed by atoms with Crippen LogP contribution in [0.3, 0.4) is 0 Å². The van der Waals surface area contributed by atoms with Crippen LogP contribution in [0.25, 0.3) is 0 Å². The number of benzene rings is 1. The van der Waals surface area contributed by atoms with Crippen molar-refractivity contribution in [2.75, 3.05) is 11.4 Å². The van der Waals surface area contributed by atoms with Crippen molar-refractivity contribution >= 4 is 17.6 Å². The van der Waals surface area contributed by atoms with E-state index in [1.54, 1.807) is 23.3 Å². The van der Waals surface area contributed by atoms with Crippen LogP contribution in [0.4, 0.5) is 10.5 Å². The summed E-state index contributed by atoms with van der Waals surface area (Å²) in [6.45, 7) is 2.81. The number of hydrogen-bond acceptors (Lipinski definition) is 3. The van der Waals surface area contributed by atoms with Crippen molar-refractivity contribution in [1.29, 1.82) is 0 Å². The summed E-state index contributed by atoms with van der Waals surface area (Å²) >= 11 is 0. The molecule has 3 amide bonds. The van der Waals surface area contributed by atoms with Crippen LogP contribution >= 0.6 is 0 Å². The molecule has 1 aromatic heterocycles. The average molecular weight is 313 g/mol. The number of aryl methyl sites for hydroxylation is 1. The van der Waals surface area contributed by atoms with Crippen LogP contribution in [-0.4, -0.2) is 24.5 Å². The van der Waals surface area contributed by atoms with Gasteiger partial charge in [-0.05, 0) is 31.2 Å². The molecule has 2 aromatic rings. The minimum atomic E-state index is -0.301. The Morgan fingerprint density at radius 3 is 2.78 bits per heavy atom. The van der Waals surface area contributed by atoms with Crippen molar-refractivity contribution in [3.63, 3.8) is 0 Å². The van der Waals surface area contributed by atoms with Crippen LogP contribution in [0.2, 0.25) is 0 Å². The van der Waals surface area contributed by atoms with Crippen LogP contribution in [0.1, 0.15) is 17.7 Å². The lowest BCUT2D eigenvalue weighted by Gasteiger charge is -2.17. The summed E-state index contributed by atoms with van der Waals surface area (Å²) in [6.07, 6.45) is 1.87. The number of urea groups is 1. The third-order valence-corrected chi connectivity index (χ3v) is 3.81. The maximum absolute atomic E-state index is 12.1. The van der Waals surface area contributed by atoms with Gasteiger partial charge >= 0.3 is 6.03 Å². The molecule has 23 heavy (non-hydrogen) atoms. The lowest BCUT2D eigenvalue weighted by Crippen LogP contribution is -2.43. The number of hydrogen-bond donors (Lipinski definition) is 2. The Bertz CT molecular complexity index is 680. The van der Waals surface area contributed by atoms with Crippen LogP contribution in [0.15, 0.2) is 47.1 Å². The molecule has 0 radical (unpaired) electrons. The zero-order valence-corrected chi connectivity index (χ0v) is 12.9. The predicted octanol–water partition coefficient (Wildman–Crippen LogP) is 2.19. The van der Waals surface area contributed by atoms with Gasteiger partial charge in [0.2, 0.25) is 5.91 Å². The number of anilines is 1. The van der Waals surface area contributed by atoms with Crippen molar-refractivity contribution < 1.29 is 14.0 Å². The highest BCUT2D eigenvalue weighted by Gasteiger charge is 2.31. The summed E-state index contributed by atoms with van der Waals surface area (Å²) in [5, 5.41) is 5.54. The first kappa shape index (κ1) is 15.1. The van der Waals surface area contributed by atoms with E-state index in [-0.39, 0.29) is 18.0 Å². The molecule has 2 heterocycles. The summed E-state index contributed by atoms with van der Waals surface area (Å²) < 4.78 is 5.15. The van der Waals surface area contributed by atoms with E-state index in [9.17, 15) is 9.59 Å². The van der Waals surface area contributed by atoms with Gasteiger partial charge in [0, 0.05) is 18.7 Å². The van der Waals surface area contributed by atoms with E-state index >= 15 is 0 Å². The third-order valence-electron chi connectivity index (χ3n) is 3.81. The molecule has 0 aliphatic carbocycles. The fourth-order valence-corrected chi connectivity index (χ4v) is 2.60. The monoisotopic (exact) mass is 313 g/mol. The van der Waals surface area contributed by atoms with Gasteiger partial charge in [-0.1, -0.05) is 17.7 Å². The summed E-state index contributed by atoms with van der Waals surface area (Å²) in [5.74, 6) is 0.703. The van der Waals surface area contributed by atoms with Gasteiger partial charge in [-0.3, -0.25) is 4.79 Å². The molecule has 1 saturated heterocycles. The Labute approximate surface area is 134 Å². The fourth-order valence-electron chi connectivity index (χ4n) is 2.60. The van der Waals surface area contributed by atoms with E-state index in [4.69, 9.17) is 4.42 Å². The lowest BCUT2D eigenvalue weighted by molar-refractivity contribution is -0.117. The van der Waals surface area contributed by atoms with E-state index in [1.807, 2.05) is 31.2 Å². The van der Waals surface area contributed by atoms with Crippen molar-refractivity contribution in [3.8, 4) is 0 Å². The predicted molar refractivity (Wildman–Crippen MR) is 86.0 cm³/mol. The van der Waals surface area contributed by atoms with Gasteiger partial charge in [0.15, 0.2) is 0 Å². The second-order valence-corrected chi connectivity index (χ2v) is 5.65. The van der Waals surface area contributed by atoms with Crippen LogP contribution in [0.5, 0.6) is 0 Å². The second-order valence-electron chi connectivity index (χ2n) is 5.65. The quantitative estimate of drug-likeness (QED) is 0.908. The van der Waals surface area contributed by atoms with Gasteiger partial charge in [0.05, 0.1) is 18.8 Å². The number of furan rings is 1. The second kappa shape index (κ2) is 6.56. The largest absolute Gasteiger partial charge is 0.467 e. The number of amides is 3. The van der Waals surface area contributed by atoms with E-state index in [2.05, 4.69) is 10.6 Å². The molecule has 1 aromatic carbocycles. The number of carbonyl (C=O) groups is 2. The van der Waals surface area contributed by atoms with E-state index < -0.39 is 0 Å². The number of nitrogens with zero attached hydrogens (tertiary/aromatic N) is 1. The molecule has 0 saturated carbocycles. The summed E-state index contributed by atoms with van der Waals surface area (Å²) in [5.41, 5.74) is 2.01. The SMILES string of the molecule is Cc1ccc(N2C[C@H](NC(=O)NCc3ccco3)CC2=O)cc1. The van der Waals surface area contributed by atoms with Gasteiger partial charge in [-0.25, -0.2) is 4.79 Å². The van der Waals surface area contributed by atoms with Gasteiger partial charge in [0.25, 0.3) is 0 Å². The first-order valence-electron chi connectivity index (χ1n) is 7.55. The highest BCUT2D eigenvalue weighted by molar-refractivity contribution is 5.96. The van der Waals surface area contributed by atoms with E-state index in [1.165, 1.54) is 0 Å². The molecule has 2 N–H and O–H groups in total. The molecule has 0 bridgehead atoms. The summed E-state index contributed by atoms with van der Waals surface area (Å²) in [7, 11) is 0. The molecule has 1 aliphatic heterocycles. The number of nitrogens with one attached hydrogen (secondary N) is 2. The molecule has 1 fully saturated rings. The molecule has 1 aliphatic rings. The van der Waals surface area contributed by atoms with Crippen molar-refractivity contribution in [1.82, 2.24) is 10.6 Å². The zero-order valence-electron chi connectivity index (χ0n) is 12.9. The molecule has 120 valence electrons. The molecule has 0 unspecified atom stereocenters. The minimum absolute atomic E-state index is 0.0187. The smallest absolute Gasteiger partial charge is 0.315 e. The number of rotatable bonds is 4. The Kier molecular flexibility index (Phi) is 4.32. The summed E-state index contributed by atoms with van der Waals surface area (Å²) in [4.78, 5) is 25.7. The topological polar surface area (TPSA) is 74.6 Å². The van der Waals surface area contributed by atoms with Gasteiger partial charge in [-0.2, -0.15) is 0 Å². The number of carbonyl (C=O) groups excluding carboxylic acids is 2. The van der Waals surface area contributed by atoms with Crippen molar-refractivity contribution in [2.45, 2.75) is 25.9 Å². The Morgan fingerprint density at radius 1 is 1.30 bits per heavy atom. The van der Waals surface area contributed by atoms with Gasteiger partial charge in [-0.15, -0.1) is 0 Å². The van der Waals surface area contributed by atoms with E-state index in [0.29, 0.717) is 25.3 Å². The molecular weight excluding hydrogens is 294 g/mol. The standard InChI is InChI=1S/C17H19N3O3/c1-12-4-6-14(7-5-12)20-11-13(9-16(20)21)19-17(22)18-10-15-3-2-8-23-15/h2-8,13H,9-11H2,1H3,(H2,18,19,22)/t13-/m1/s1. The first-order chi connectivity index (χ1) is 11.1. The summed E-state index contributed by atoms with van der Waals surface area (Å²) in [6, 6.07) is 10.9. The fraction of sp³-hybridized carbons (Fsp3) is 0.294. The van der Waals surface area contributed by atoms with Gasteiger partial charge in [0.1, 0.15) is 5.76 Å². The molecule has 0 spiro atoms. The van der Waals surface area contributed by atoms with Gasteiger partial charge < -0.3 is 20.0 Å². The Hall–Kier alpha value is -2.76. The molecular formula is C17H19N3O3. The highest BCUT2D eigenvalue weighted by Crippen LogP contribution is 2.21. The lowest BCUT2D eigenvalue weighted by atomic mass is 10.2.